The number of thioether (sulfide) groups is 1. The Balaban J connectivity index is 1.58. The average molecular weight is 580 g/mol. The minimum atomic E-state index is -0.145. The molecule has 1 aromatic heterocycles. The molecule has 10 heteroatoms. The predicted octanol–water partition coefficient (Wildman–Crippen LogP) is 7.11. The van der Waals surface area contributed by atoms with Gasteiger partial charge in [0.1, 0.15) is 11.5 Å². The summed E-state index contributed by atoms with van der Waals surface area (Å²) in [6.45, 7) is 0.795. The number of carbonyl (C=O) groups excluding carboxylic acids is 1. The van der Waals surface area contributed by atoms with Gasteiger partial charge in [0, 0.05) is 23.1 Å². The van der Waals surface area contributed by atoms with Gasteiger partial charge in [-0.25, -0.2) is 4.99 Å². The van der Waals surface area contributed by atoms with Crippen LogP contribution in [0.2, 0.25) is 5.02 Å². The maximum atomic E-state index is 13.1. The maximum Gasteiger partial charge on any atom is 0.266 e. The van der Waals surface area contributed by atoms with Crippen molar-refractivity contribution in [3.63, 3.8) is 0 Å². The van der Waals surface area contributed by atoms with Crippen LogP contribution in [0.25, 0.3) is 6.08 Å². The Morgan fingerprint density at radius 3 is 2.59 bits per heavy atom. The van der Waals surface area contributed by atoms with Crippen molar-refractivity contribution in [1.82, 2.24) is 4.90 Å². The van der Waals surface area contributed by atoms with Crippen molar-refractivity contribution >= 4 is 73.9 Å². The third-order valence-electron chi connectivity index (χ3n) is 4.68. The number of furan rings is 1. The second kappa shape index (κ2) is 11.5. The maximum absolute atomic E-state index is 13.1. The number of ether oxygens (including phenoxy) is 2. The summed E-state index contributed by atoms with van der Waals surface area (Å²) in [5, 5.41) is 1.95. The summed E-state index contributed by atoms with van der Waals surface area (Å²) in [7, 11) is 3.22. The van der Waals surface area contributed by atoms with E-state index in [0.29, 0.717) is 39.1 Å². The number of carbonyl (C=O) groups is 1. The van der Waals surface area contributed by atoms with E-state index < -0.39 is 0 Å². The molecule has 0 atom stereocenters. The fourth-order valence-corrected chi connectivity index (χ4v) is 5.45. The Labute approximate surface area is 219 Å². The molecule has 2 aromatic carbocycles. The monoisotopic (exact) mass is 578 g/mol. The summed E-state index contributed by atoms with van der Waals surface area (Å²) in [5.74, 6) is 1.16. The van der Waals surface area contributed by atoms with Crippen LogP contribution in [0.15, 0.2) is 83.4 Å². The summed E-state index contributed by atoms with van der Waals surface area (Å²) in [6, 6.07) is 16.7. The van der Waals surface area contributed by atoms with Gasteiger partial charge in [-0.05, 0) is 82.3 Å². The second-order valence-corrected chi connectivity index (χ2v) is 10.3. The van der Waals surface area contributed by atoms with Gasteiger partial charge < -0.3 is 13.9 Å². The minimum Gasteiger partial charge on any atom is -0.497 e. The van der Waals surface area contributed by atoms with Gasteiger partial charge in [-0.3, -0.25) is 9.69 Å². The Hall–Kier alpha value is -2.17. The third kappa shape index (κ3) is 6.09. The summed E-state index contributed by atoms with van der Waals surface area (Å²) in [4.78, 5) is 20.9. The van der Waals surface area contributed by atoms with Crippen LogP contribution in [0.5, 0.6) is 5.75 Å². The molecule has 0 saturated carbocycles. The molecule has 0 unspecified atom stereocenters. The summed E-state index contributed by atoms with van der Waals surface area (Å²) >= 11 is 12.3. The molecule has 0 N–H and O–H groups in total. The summed E-state index contributed by atoms with van der Waals surface area (Å²) in [5.41, 5.74) is 0.724. The molecular weight excluding hydrogens is 560 g/mol. The predicted molar refractivity (Wildman–Crippen MR) is 141 cm³/mol. The molecule has 0 radical (unpaired) electrons. The lowest BCUT2D eigenvalue weighted by atomic mass is 10.3. The lowest BCUT2D eigenvalue weighted by Gasteiger charge is -2.14. The second-order valence-electron chi connectivity index (χ2n) is 6.99. The zero-order chi connectivity index (χ0) is 24.1. The molecule has 1 aliphatic heterocycles. The molecule has 6 nitrogen and oxygen atoms in total. The van der Waals surface area contributed by atoms with Crippen LogP contribution in [-0.4, -0.2) is 43.3 Å². The SMILES string of the molecule is COCCN1C(=O)/C(=C/c2cc(Br)c(Sc3ccc(Cl)cc3)o2)SC1=Nc1ccc(OC)cc1. The van der Waals surface area contributed by atoms with Gasteiger partial charge in [-0.15, -0.1) is 0 Å². The first-order valence-electron chi connectivity index (χ1n) is 10.1. The summed E-state index contributed by atoms with van der Waals surface area (Å²) < 4.78 is 17.2. The van der Waals surface area contributed by atoms with Crippen LogP contribution >= 0.6 is 51.1 Å². The Morgan fingerprint density at radius 1 is 1.18 bits per heavy atom. The van der Waals surface area contributed by atoms with E-state index >= 15 is 0 Å². The van der Waals surface area contributed by atoms with Crippen molar-refractivity contribution in [3.8, 4) is 5.75 Å². The van der Waals surface area contributed by atoms with Crippen LogP contribution < -0.4 is 4.74 Å². The number of nitrogens with zero attached hydrogens (tertiary/aromatic N) is 2. The molecule has 34 heavy (non-hydrogen) atoms. The molecular formula is C24H20BrClN2O4S2. The fraction of sp³-hybridized carbons (Fsp3) is 0.167. The van der Waals surface area contributed by atoms with Crippen LogP contribution in [0, 0.1) is 0 Å². The Bertz CT molecular complexity index is 1230. The topological polar surface area (TPSA) is 64.3 Å². The Kier molecular flexibility index (Phi) is 8.44. The quantitative estimate of drug-likeness (QED) is 0.265. The van der Waals surface area contributed by atoms with E-state index in [1.54, 1.807) is 25.2 Å². The minimum absolute atomic E-state index is 0.145. The zero-order valence-electron chi connectivity index (χ0n) is 18.3. The smallest absolute Gasteiger partial charge is 0.266 e. The fourth-order valence-electron chi connectivity index (χ4n) is 2.99. The van der Waals surface area contributed by atoms with E-state index in [1.807, 2.05) is 54.6 Å². The molecule has 0 spiro atoms. The molecule has 3 aromatic rings. The van der Waals surface area contributed by atoms with Crippen molar-refractivity contribution in [2.45, 2.75) is 9.99 Å². The highest BCUT2D eigenvalue weighted by Gasteiger charge is 2.33. The molecule has 0 bridgehead atoms. The molecule has 1 aliphatic rings. The van der Waals surface area contributed by atoms with Gasteiger partial charge in [-0.2, -0.15) is 0 Å². The van der Waals surface area contributed by atoms with Crippen molar-refractivity contribution in [1.29, 1.82) is 0 Å². The first kappa shape index (κ1) is 24.9. The van der Waals surface area contributed by atoms with Gasteiger partial charge in [-0.1, -0.05) is 23.4 Å². The molecule has 0 aliphatic carbocycles. The lowest BCUT2D eigenvalue weighted by molar-refractivity contribution is -0.122. The Morgan fingerprint density at radius 2 is 1.91 bits per heavy atom. The summed E-state index contributed by atoms with van der Waals surface area (Å²) in [6.07, 6.45) is 1.74. The highest BCUT2D eigenvalue weighted by molar-refractivity contribution is 9.10. The highest BCUT2D eigenvalue weighted by Crippen LogP contribution is 2.39. The number of hydrogen-bond donors (Lipinski definition) is 0. The van der Waals surface area contributed by atoms with E-state index in [-0.39, 0.29) is 5.91 Å². The van der Waals surface area contributed by atoms with Gasteiger partial charge in [0.15, 0.2) is 10.3 Å². The highest BCUT2D eigenvalue weighted by atomic mass is 79.9. The normalized spacial score (nSPS) is 16.1. The number of aliphatic imine (C=N–C) groups is 1. The van der Waals surface area contributed by atoms with Crippen molar-refractivity contribution < 1.29 is 18.7 Å². The molecule has 1 amide bonds. The molecule has 1 fully saturated rings. The van der Waals surface area contributed by atoms with Crippen LogP contribution in [0.3, 0.4) is 0 Å². The standard InChI is InChI=1S/C24H20BrClN2O4S2/c1-30-12-11-28-22(29)21(34-24(28)27-16-5-7-17(31-2)8-6-16)14-18-13-20(25)23(32-18)33-19-9-3-15(26)4-10-19/h3-10,13-14H,11-12H2,1-2H3/b21-14-,27-24?. The van der Waals surface area contributed by atoms with E-state index in [2.05, 4.69) is 20.9 Å². The number of amidine groups is 1. The molecule has 2 heterocycles. The van der Waals surface area contributed by atoms with E-state index in [9.17, 15) is 4.79 Å². The number of rotatable bonds is 8. The van der Waals surface area contributed by atoms with Crippen LogP contribution in [-0.2, 0) is 9.53 Å². The first-order chi connectivity index (χ1) is 16.5. The largest absolute Gasteiger partial charge is 0.497 e. The van der Waals surface area contributed by atoms with Gasteiger partial charge in [0.25, 0.3) is 5.91 Å². The number of hydrogen-bond acceptors (Lipinski definition) is 7. The van der Waals surface area contributed by atoms with Crippen LogP contribution in [0.1, 0.15) is 5.76 Å². The van der Waals surface area contributed by atoms with Crippen molar-refractivity contribution in [2.75, 3.05) is 27.4 Å². The van der Waals surface area contributed by atoms with Gasteiger partial charge in [0.05, 0.1) is 35.3 Å². The van der Waals surface area contributed by atoms with Crippen molar-refractivity contribution in [2.24, 2.45) is 4.99 Å². The number of amides is 1. The lowest BCUT2D eigenvalue weighted by Crippen LogP contribution is -2.32. The number of benzene rings is 2. The number of halogens is 2. The van der Waals surface area contributed by atoms with E-state index in [0.717, 1.165) is 20.8 Å². The van der Waals surface area contributed by atoms with Gasteiger partial charge in [0.2, 0.25) is 0 Å². The van der Waals surface area contributed by atoms with Crippen molar-refractivity contribution in [3.05, 3.63) is 74.8 Å². The first-order valence-corrected chi connectivity index (χ1v) is 12.9. The molecule has 176 valence electrons. The molecule has 4 rings (SSSR count). The van der Waals surface area contributed by atoms with Crippen LogP contribution in [0.4, 0.5) is 5.69 Å². The van der Waals surface area contributed by atoms with Gasteiger partial charge >= 0.3 is 0 Å². The average Bonchev–Trinajstić information content (AvgIpc) is 3.32. The van der Waals surface area contributed by atoms with E-state index in [1.165, 1.54) is 23.5 Å². The molecule has 1 saturated heterocycles. The zero-order valence-corrected chi connectivity index (χ0v) is 22.3. The van der Waals surface area contributed by atoms with E-state index in [4.69, 9.17) is 25.5 Å². The third-order valence-corrected chi connectivity index (χ3v) is 7.78. The number of methoxy groups -OCH3 is 2.